The van der Waals surface area contributed by atoms with E-state index in [2.05, 4.69) is 15.2 Å². The number of nitrogens with one attached hydrogen (secondary N) is 2. The minimum absolute atomic E-state index is 0.193. The zero-order valence-corrected chi connectivity index (χ0v) is 17.8. The van der Waals surface area contributed by atoms with Gasteiger partial charge in [0.2, 0.25) is 5.91 Å². The highest BCUT2D eigenvalue weighted by Gasteiger charge is 2.40. The maximum absolute atomic E-state index is 13.2. The van der Waals surface area contributed by atoms with Gasteiger partial charge in [-0.05, 0) is 57.5 Å². The molecule has 0 spiro atoms. The van der Waals surface area contributed by atoms with Crippen LogP contribution in [0.4, 0.5) is 10.5 Å². The standard InChI is InChI=1S/C22H27ClN4O2/c1-4-5-18-13(2)21(28)27(22(29)25-18)20-14(3)26(12-15-8-9-24-11-15)19-7-6-16(23)10-17(19)20/h4-7,10,13,15,18,24H,8-9,11-12H2,1-3H3,(H,25,29)/b5-4-/t13?,15-,18?/m1/s1. The molecule has 29 heavy (non-hydrogen) atoms. The highest BCUT2D eigenvalue weighted by atomic mass is 35.5. The van der Waals surface area contributed by atoms with Gasteiger partial charge in [-0.3, -0.25) is 4.79 Å². The molecule has 4 rings (SSSR count). The average molecular weight is 415 g/mol. The van der Waals surface area contributed by atoms with Crippen molar-refractivity contribution in [2.75, 3.05) is 18.0 Å². The number of carbonyl (C=O) groups excluding carboxylic acids is 2. The third kappa shape index (κ3) is 3.45. The zero-order valence-electron chi connectivity index (χ0n) is 17.0. The van der Waals surface area contributed by atoms with Crippen molar-refractivity contribution in [1.82, 2.24) is 15.2 Å². The van der Waals surface area contributed by atoms with Crippen molar-refractivity contribution in [3.05, 3.63) is 41.1 Å². The second kappa shape index (κ2) is 7.84. The SMILES string of the molecule is C/C=C\C1NC(=O)N(c2c(C)n(C[C@@H]3CCNC3)c3ccc(Cl)cc23)C(=O)C1C. The second-order valence-electron chi connectivity index (χ2n) is 8.03. The van der Waals surface area contributed by atoms with E-state index in [0.29, 0.717) is 16.6 Å². The quantitative estimate of drug-likeness (QED) is 0.747. The molecule has 0 saturated carbocycles. The van der Waals surface area contributed by atoms with Crippen molar-refractivity contribution >= 4 is 40.1 Å². The summed E-state index contributed by atoms with van der Waals surface area (Å²) in [5, 5.41) is 7.79. The van der Waals surface area contributed by atoms with Crippen LogP contribution in [0, 0.1) is 18.8 Å². The van der Waals surface area contributed by atoms with Crippen LogP contribution in [-0.4, -0.2) is 35.6 Å². The maximum atomic E-state index is 13.2. The topological polar surface area (TPSA) is 66.4 Å². The number of carbonyl (C=O) groups is 2. The molecule has 3 amide bonds. The predicted molar refractivity (Wildman–Crippen MR) is 116 cm³/mol. The van der Waals surface area contributed by atoms with Gasteiger partial charge in [0, 0.05) is 22.6 Å². The molecule has 7 heteroatoms. The van der Waals surface area contributed by atoms with E-state index in [1.807, 2.05) is 51.1 Å². The molecule has 0 bridgehead atoms. The van der Waals surface area contributed by atoms with Crippen molar-refractivity contribution in [2.45, 2.75) is 39.8 Å². The molecule has 2 saturated heterocycles. The van der Waals surface area contributed by atoms with Crippen molar-refractivity contribution < 1.29 is 9.59 Å². The lowest BCUT2D eigenvalue weighted by molar-refractivity contribution is -0.122. The number of imide groups is 1. The van der Waals surface area contributed by atoms with Gasteiger partial charge in [-0.15, -0.1) is 0 Å². The van der Waals surface area contributed by atoms with Crippen molar-refractivity contribution in [2.24, 2.45) is 11.8 Å². The van der Waals surface area contributed by atoms with Gasteiger partial charge >= 0.3 is 6.03 Å². The average Bonchev–Trinajstić information content (AvgIpc) is 3.28. The number of nitrogens with zero attached hydrogens (tertiary/aromatic N) is 2. The van der Waals surface area contributed by atoms with E-state index < -0.39 is 0 Å². The second-order valence-corrected chi connectivity index (χ2v) is 8.46. The fourth-order valence-electron chi connectivity index (χ4n) is 4.51. The number of hydrogen-bond acceptors (Lipinski definition) is 3. The van der Waals surface area contributed by atoms with Gasteiger partial charge in [-0.1, -0.05) is 30.7 Å². The first-order chi connectivity index (χ1) is 13.9. The van der Waals surface area contributed by atoms with Crippen LogP contribution < -0.4 is 15.5 Å². The summed E-state index contributed by atoms with van der Waals surface area (Å²) in [6.07, 6.45) is 4.84. The first-order valence-corrected chi connectivity index (χ1v) is 10.6. The van der Waals surface area contributed by atoms with Gasteiger partial charge in [0.25, 0.3) is 0 Å². The summed E-state index contributed by atoms with van der Waals surface area (Å²) in [5.74, 6) is -0.0156. The molecule has 0 radical (unpaired) electrons. The van der Waals surface area contributed by atoms with Crippen LogP contribution in [0.25, 0.3) is 10.9 Å². The Kier molecular flexibility index (Phi) is 5.40. The molecule has 1 aromatic carbocycles. The number of allylic oxidation sites excluding steroid dienone is 1. The Morgan fingerprint density at radius 1 is 1.31 bits per heavy atom. The van der Waals surface area contributed by atoms with Gasteiger partial charge in [-0.2, -0.15) is 0 Å². The molecule has 2 N–H and O–H groups in total. The number of halogens is 1. The molecule has 2 aliphatic rings. The number of fused-ring (bicyclic) bond motifs is 1. The van der Waals surface area contributed by atoms with Gasteiger partial charge < -0.3 is 15.2 Å². The maximum Gasteiger partial charge on any atom is 0.329 e. The predicted octanol–water partition coefficient (Wildman–Crippen LogP) is 3.85. The van der Waals surface area contributed by atoms with Crippen LogP contribution in [-0.2, 0) is 11.3 Å². The molecule has 2 aliphatic heterocycles. The fourth-order valence-corrected chi connectivity index (χ4v) is 4.68. The lowest BCUT2D eigenvalue weighted by Crippen LogP contribution is -2.59. The number of anilines is 1. The summed E-state index contributed by atoms with van der Waals surface area (Å²) < 4.78 is 2.22. The lowest BCUT2D eigenvalue weighted by Gasteiger charge is -2.34. The van der Waals surface area contributed by atoms with E-state index in [0.717, 1.165) is 42.7 Å². The number of benzene rings is 1. The minimum Gasteiger partial charge on any atom is -0.342 e. The molecule has 0 aliphatic carbocycles. The van der Waals surface area contributed by atoms with Crippen molar-refractivity contribution in [3.63, 3.8) is 0 Å². The largest absolute Gasteiger partial charge is 0.342 e. The fraction of sp³-hybridized carbons (Fsp3) is 0.455. The first-order valence-electron chi connectivity index (χ1n) is 10.2. The third-order valence-electron chi connectivity index (χ3n) is 6.12. The van der Waals surface area contributed by atoms with Gasteiger partial charge in [0.05, 0.1) is 23.2 Å². The summed E-state index contributed by atoms with van der Waals surface area (Å²) in [6.45, 7) is 8.57. The Balaban J connectivity index is 1.82. The molecule has 2 unspecified atom stereocenters. The monoisotopic (exact) mass is 414 g/mol. The van der Waals surface area contributed by atoms with Crippen LogP contribution in [0.3, 0.4) is 0 Å². The molecular weight excluding hydrogens is 388 g/mol. The summed E-state index contributed by atoms with van der Waals surface area (Å²) in [5.41, 5.74) is 2.55. The number of rotatable bonds is 4. The Morgan fingerprint density at radius 2 is 2.10 bits per heavy atom. The van der Waals surface area contributed by atoms with Crippen molar-refractivity contribution in [3.8, 4) is 0 Å². The van der Waals surface area contributed by atoms with Crippen LogP contribution in [0.1, 0.15) is 26.0 Å². The summed E-state index contributed by atoms with van der Waals surface area (Å²) in [6, 6.07) is 5.01. The molecule has 2 aromatic rings. The van der Waals surface area contributed by atoms with Gasteiger partial charge in [0.1, 0.15) is 0 Å². The molecule has 6 nitrogen and oxygen atoms in total. The minimum atomic E-state index is -0.388. The lowest BCUT2D eigenvalue weighted by atomic mass is 9.97. The van der Waals surface area contributed by atoms with E-state index in [4.69, 9.17) is 11.6 Å². The zero-order chi connectivity index (χ0) is 20.7. The van der Waals surface area contributed by atoms with Crippen LogP contribution >= 0.6 is 11.6 Å². The smallest absolute Gasteiger partial charge is 0.329 e. The third-order valence-corrected chi connectivity index (χ3v) is 6.36. The first kappa shape index (κ1) is 20.0. The Hall–Kier alpha value is -2.31. The summed E-state index contributed by atoms with van der Waals surface area (Å²) in [4.78, 5) is 27.5. The molecule has 154 valence electrons. The number of urea groups is 1. The van der Waals surface area contributed by atoms with Crippen molar-refractivity contribution in [1.29, 1.82) is 0 Å². The highest BCUT2D eigenvalue weighted by molar-refractivity contribution is 6.32. The van der Waals surface area contributed by atoms with E-state index in [-0.39, 0.29) is 23.9 Å². The van der Waals surface area contributed by atoms with E-state index in [1.165, 1.54) is 4.90 Å². The van der Waals surface area contributed by atoms with Crippen LogP contribution in [0.15, 0.2) is 30.4 Å². The molecule has 2 fully saturated rings. The molecular formula is C22H27ClN4O2. The number of aromatic nitrogens is 1. The number of hydrogen-bond donors (Lipinski definition) is 2. The van der Waals surface area contributed by atoms with Gasteiger partial charge in [0.15, 0.2) is 0 Å². The van der Waals surface area contributed by atoms with Crippen LogP contribution in [0.5, 0.6) is 0 Å². The van der Waals surface area contributed by atoms with Gasteiger partial charge in [-0.25, -0.2) is 9.69 Å². The molecule has 3 atom stereocenters. The Labute approximate surface area is 175 Å². The Morgan fingerprint density at radius 3 is 2.79 bits per heavy atom. The molecule has 1 aromatic heterocycles. The highest BCUT2D eigenvalue weighted by Crippen LogP contribution is 2.38. The number of amides is 3. The Bertz CT molecular complexity index is 990. The van der Waals surface area contributed by atoms with E-state index >= 15 is 0 Å². The normalized spacial score (nSPS) is 25.4. The molecule has 3 heterocycles. The van der Waals surface area contributed by atoms with Crippen LogP contribution in [0.2, 0.25) is 5.02 Å². The summed E-state index contributed by atoms with van der Waals surface area (Å²) in [7, 11) is 0. The van der Waals surface area contributed by atoms with E-state index in [9.17, 15) is 9.59 Å². The van der Waals surface area contributed by atoms with E-state index in [1.54, 1.807) is 0 Å². The summed E-state index contributed by atoms with van der Waals surface area (Å²) >= 11 is 6.29.